The molecule has 3 heterocycles. The van der Waals surface area contributed by atoms with Crippen LogP contribution < -0.4 is 10.1 Å². The fourth-order valence-corrected chi connectivity index (χ4v) is 3.79. The fourth-order valence-electron chi connectivity index (χ4n) is 3.79. The number of aromatic nitrogens is 2. The van der Waals surface area contributed by atoms with Crippen molar-refractivity contribution in [2.45, 2.75) is 25.9 Å². The fraction of sp³-hybridized carbons (Fsp3) is 0.381. The van der Waals surface area contributed by atoms with Crippen LogP contribution in [0, 0.1) is 5.92 Å². The largest absolute Gasteiger partial charge is 0.493 e. The summed E-state index contributed by atoms with van der Waals surface area (Å²) in [7, 11) is 1.70. The summed E-state index contributed by atoms with van der Waals surface area (Å²) in [6.07, 6.45) is 4.90. The van der Waals surface area contributed by atoms with E-state index in [0.29, 0.717) is 12.0 Å². The first-order chi connectivity index (χ1) is 12.7. The van der Waals surface area contributed by atoms with Crippen LogP contribution in [0.15, 0.2) is 48.8 Å². The molecule has 1 saturated heterocycles. The van der Waals surface area contributed by atoms with Gasteiger partial charge in [0.15, 0.2) is 5.75 Å². The molecule has 1 aliphatic rings. The average Bonchev–Trinajstić information content (AvgIpc) is 3.14. The number of benzene rings is 1. The molecule has 2 N–H and O–H groups in total. The molecule has 5 nitrogen and oxygen atoms in total. The Balaban J connectivity index is 1.54. The van der Waals surface area contributed by atoms with Crippen LogP contribution in [0.2, 0.25) is 0 Å². The first-order valence-corrected chi connectivity index (χ1v) is 9.27. The van der Waals surface area contributed by atoms with Crippen LogP contribution in [-0.4, -0.2) is 41.1 Å². The van der Waals surface area contributed by atoms with Gasteiger partial charge in [-0.2, -0.15) is 0 Å². The number of H-pyrrole nitrogens is 1. The Morgan fingerprint density at radius 3 is 2.92 bits per heavy atom. The minimum absolute atomic E-state index is 0.377. The molecule has 0 amide bonds. The maximum Gasteiger partial charge on any atom is 0.161 e. The lowest BCUT2D eigenvalue weighted by Crippen LogP contribution is -2.46. The predicted molar refractivity (Wildman–Crippen MR) is 106 cm³/mol. The molecule has 4 rings (SSSR count). The molecule has 3 aromatic rings. The molecule has 26 heavy (non-hydrogen) atoms. The molecule has 1 fully saturated rings. The number of hydrogen-bond acceptors (Lipinski definition) is 4. The van der Waals surface area contributed by atoms with E-state index in [1.54, 1.807) is 13.3 Å². The Hall–Kier alpha value is -2.53. The monoisotopic (exact) mass is 350 g/mol. The summed E-state index contributed by atoms with van der Waals surface area (Å²) >= 11 is 0. The number of piperidine rings is 1. The third-order valence-corrected chi connectivity index (χ3v) is 5.39. The molecule has 136 valence electrons. The zero-order valence-electron chi connectivity index (χ0n) is 15.4. The third-order valence-electron chi connectivity index (χ3n) is 5.39. The van der Waals surface area contributed by atoms with Crippen molar-refractivity contribution in [3.63, 3.8) is 0 Å². The van der Waals surface area contributed by atoms with E-state index in [0.717, 1.165) is 42.1 Å². The summed E-state index contributed by atoms with van der Waals surface area (Å²) in [6, 6.07) is 13.1. The molecule has 0 unspecified atom stereocenters. The van der Waals surface area contributed by atoms with E-state index < -0.39 is 0 Å². The number of rotatable bonds is 5. The molecule has 0 saturated carbocycles. The Morgan fingerprint density at radius 1 is 1.27 bits per heavy atom. The van der Waals surface area contributed by atoms with Crippen molar-refractivity contribution in [1.82, 2.24) is 14.9 Å². The zero-order chi connectivity index (χ0) is 17.9. The third kappa shape index (κ3) is 3.40. The summed E-state index contributed by atoms with van der Waals surface area (Å²) < 4.78 is 5.57. The van der Waals surface area contributed by atoms with Crippen molar-refractivity contribution in [3.8, 4) is 5.75 Å². The van der Waals surface area contributed by atoms with Gasteiger partial charge in [0.25, 0.3) is 0 Å². The molecule has 2 aromatic heterocycles. The quantitative estimate of drug-likeness (QED) is 0.733. The van der Waals surface area contributed by atoms with Gasteiger partial charge in [-0.3, -0.25) is 4.90 Å². The topological polar surface area (TPSA) is 53.2 Å². The molecule has 2 atom stereocenters. The Labute approximate surface area is 154 Å². The highest BCUT2D eigenvalue weighted by molar-refractivity contribution is 5.92. The van der Waals surface area contributed by atoms with Crippen molar-refractivity contribution in [3.05, 3.63) is 54.4 Å². The van der Waals surface area contributed by atoms with Gasteiger partial charge in [-0.25, -0.2) is 4.98 Å². The van der Waals surface area contributed by atoms with Gasteiger partial charge in [-0.15, -0.1) is 0 Å². The molecule has 0 spiro atoms. The van der Waals surface area contributed by atoms with Crippen LogP contribution >= 0.6 is 0 Å². The second-order valence-corrected chi connectivity index (χ2v) is 7.18. The molecule has 0 aliphatic carbocycles. The van der Waals surface area contributed by atoms with Gasteiger partial charge in [0.1, 0.15) is 5.65 Å². The van der Waals surface area contributed by atoms with Gasteiger partial charge in [0.05, 0.1) is 19.0 Å². The number of fused-ring (bicyclic) bond motifs is 1. The number of aromatic amines is 1. The highest BCUT2D eigenvalue weighted by Gasteiger charge is 2.27. The number of nitrogens with one attached hydrogen (secondary N) is 2. The van der Waals surface area contributed by atoms with E-state index in [9.17, 15) is 0 Å². The first-order valence-electron chi connectivity index (χ1n) is 9.27. The smallest absolute Gasteiger partial charge is 0.161 e. The highest BCUT2D eigenvalue weighted by atomic mass is 16.5. The lowest BCUT2D eigenvalue weighted by atomic mass is 9.92. The second-order valence-electron chi connectivity index (χ2n) is 7.18. The van der Waals surface area contributed by atoms with E-state index in [1.165, 1.54) is 12.0 Å². The van der Waals surface area contributed by atoms with E-state index in [4.69, 9.17) is 4.74 Å². The van der Waals surface area contributed by atoms with Crippen LogP contribution in [0.3, 0.4) is 0 Å². The van der Waals surface area contributed by atoms with E-state index in [1.807, 2.05) is 6.20 Å². The van der Waals surface area contributed by atoms with Crippen molar-refractivity contribution in [1.29, 1.82) is 0 Å². The van der Waals surface area contributed by atoms with Gasteiger partial charge in [-0.1, -0.05) is 37.3 Å². The van der Waals surface area contributed by atoms with E-state index in [2.05, 4.69) is 63.5 Å². The van der Waals surface area contributed by atoms with Crippen LogP contribution in [-0.2, 0) is 6.54 Å². The molecule has 1 aromatic carbocycles. The Morgan fingerprint density at radius 2 is 2.12 bits per heavy atom. The van der Waals surface area contributed by atoms with Gasteiger partial charge in [0, 0.05) is 30.7 Å². The zero-order valence-corrected chi connectivity index (χ0v) is 15.4. The first kappa shape index (κ1) is 16.9. The van der Waals surface area contributed by atoms with Crippen molar-refractivity contribution < 1.29 is 4.74 Å². The number of pyridine rings is 1. The van der Waals surface area contributed by atoms with E-state index >= 15 is 0 Å². The minimum atomic E-state index is 0.377. The average molecular weight is 350 g/mol. The molecule has 0 bridgehead atoms. The number of ether oxygens (including phenoxy) is 1. The van der Waals surface area contributed by atoms with Crippen LogP contribution in [0.5, 0.6) is 5.75 Å². The predicted octanol–water partition coefficient (Wildman–Crippen LogP) is 3.89. The number of methoxy groups -OCH3 is 1. The number of nitrogens with zero attached hydrogens (tertiary/aromatic N) is 2. The highest BCUT2D eigenvalue weighted by Crippen LogP contribution is 2.33. The molecule has 0 radical (unpaired) electrons. The number of hydrogen-bond donors (Lipinski definition) is 2. The SMILES string of the molecule is COc1cnc2[nH]ccc2c1N[C@H]1CN(Cc2ccccc2)CC[C@H]1C. The van der Waals surface area contributed by atoms with Crippen LogP contribution in [0.4, 0.5) is 5.69 Å². The maximum atomic E-state index is 5.57. The molecular weight excluding hydrogens is 324 g/mol. The van der Waals surface area contributed by atoms with Gasteiger partial charge >= 0.3 is 0 Å². The molecule has 5 heteroatoms. The molecular formula is C21H26N4O. The van der Waals surface area contributed by atoms with Crippen molar-refractivity contribution in [2.75, 3.05) is 25.5 Å². The van der Waals surface area contributed by atoms with Gasteiger partial charge < -0.3 is 15.0 Å². The van der Waals surface area contributed by atoms with E-state index in [-0.39, 0.29) is 0 Å². The summed E-state index contributed by atoms with van der Waals surface area (Å²) in [5, 5.41) is 4.85. The maximum absolute atomic E-state index is 5.57. The van der Waals surface area contributed by atoms with Crippen LogP contribution in [0.25, 0.3) is 11.0 Å². The summed E-state index contributed by atoms with van der Waals surface area (Å²) in [5.41, 5.74) is 3.30. The lowest BCUT2D eigenvalue weighted by molar-refractivity contribution is 0.170. The number of anilines is 1. The van der Waals surface area contributed by atoms with Gasteiger partial charge in [-0.05, 0) is 30.5 Å². The Kier molecular flexibility index (Phi) is 4.80. The normalized spacial score (nSPS) is 21.0. The number of likely N-dealkylation sites (tertiary alicyclic amines) is 1. The van der Waals surface area contributed by atoms with Crippen molar-refractivity contribution in [2.24, 2.45) is 5.92 Å². The standard InChI is InChI=1S/C21H26N4O/c1-15-9-11-25(13-16-6-4-3-5-7-16)14-18(15)24-20-17-8-10-22-21(17)23-12-19(20)26-2/h3-8,10,12,15,18H,9,11,13-14H2,1-2H3,(H2,22,23,24)/t15-,18+/m1/s1. The minimum Gasteiger partial charge on any atom is -0.493 e. The molecule has 1 aliphatic heterocycles. The second kappa shape index (κ2) is 7.38. The van der Waals surface area contributed by atoms with Crippen molar-refractivity contribution >= 4 is 16.7 Å². The summed E-state index contributed by atoms with van der Waals surface area (Å²) in [4.78, 5) is 10.1. The van der Waals surface area contributed by atoms with Crippen LogP contribution in [0.1, 0.15) is 18.9 Å². The van der Waals surface area contributed by atoms with Gasteiger partial charge in [0.2, 0.25) is 0 Å². The summed E-state index contributed by atoms with van der Waals surface area (Å²) in [5.74, 6) is 1.40. The Bertz CT molecular complexity index is 861. The lowest BCUT2D eigenvalue weighted by Gasteiger charge is -2.38. The summed E-state index contributed by atoms with van der Waals surface area (Å²) in [6.45, 7) is 5.49.